The molecule has 1 saturated carbocycles. The Bertz CT molecular complexity index is 920. The highest BCUT2D eigenvalue weighted by Gasteiger charge is 2.34. The Morgan fingerprint density at radius 3 is 2.61 bits per heavy atom. The van der Waals surface area contributed by atoms with Gasteiger partial charge in [0, 0.05) is 37.0 Å². The molecule has 154 valence electrons. The van der Waals surface area contributed by atoms with Crippen LogP contribution in [0, 0.1) is 5.92 Å². The number of aromatic amines is 1. The lowest BCUT2D eigenvalue weighted by Gasteiger charge is -2.27. The second-order valence-corrected chi connectivity index (χ2v) is 10.3. The molecule has 3 aliphatic rings. The van der Waals surface area contributed by atoms with E-state index in [-0.39, 0.29) is 29.8 Å². The fraction of sp³-hybridized carbons (Fsp3) is 0.737. The molecule has 1 aromatic heterocycles. The van der Waals surface area contributed by atoms with Gasteiger partial charge < -0.3 is 9.88 Å². The Morgan fingerprint density at radius 2 is 1.89 bits per heavy atom. The topological polar surface area (TPSA) is 103 Å². The van der Waals surface area contributed by atoms with Gasteiger partial charge in [0.05, 0.1) is 18.5 Å². The first-order valence-electron chi connectivity index (χ1n) is 10.2. The molecule has 1 aliphatic carbocycles. The molecule has 9 heteroatoms. The summed E-state index contributed by atoms with van der Waals surface area (Å²) in [4.78, 5) is 34.8. The van der Waals surface area contributed by atoms with Crippen LogP contribution in [0.5, 0.6) is 0 Å². The van der Waals surface area contributed by atoms with Gasteiger partial charge in [0.15, 0.2) is 0 Å². The van der Waals surface area contributed by atoms with Crippen LogP contribution in [-0.2, 0) is 27.8 Å². The molecule has 1 saturated heterocycles. The number of H-pyrrole nitrogens is 1. The van der Waals surface area contributed by atoms with Gasteiger partial charge in [-0.05, 0) is 25.7 Å². The number of carbonyl (C=O) groups excluding carboxylic acids is 1. The van der Waals surface area contributed by atoms with Crippen LogP contribution in [0.4, 0.5) is 0 Å². The molecule has 1 amide bonds. The maximum absolute atomic E-state index is 12.8. The Kier molecular flexibility index (Phi) is 5.30. The summed E-state index contributed by atoms with van der Waals surface area (Å²) >= 11 is 0. The number of hydrogen-bond acceptors (Lipinski definition) is 5. The molecule has 0 spiro atoms. The van der Waals surface area contributed by atoms with Gasteiger partial charge in [-0.25, -0.2) is 13.4 Å². The van der Waals surface area contributed by atoms with Crippen molar-refractivity contribution in [3.63, 3.8) is 0 Å². The zero-order chi connectivity index (χ0) is 19.9. The van der Waals surface area contributed by atoms with Crippen molar-refractivity contribution in [3.8, 4) is 0 Å². The van der Waals surface area contributed by atoms with Crippen LogP contribution in [0.3, 0.4) is 0 Å². The fourth-order valence-electron chi connectivity index (χ4n) is 4.70. The number of fused-ring (bicyclic) bond motifs is 1. The van der Waals surface area contributed by atoms with Crippen molar-refractivity contribution in [1.29, 1.82) is 0 Å². The van der Waals surface area contributed by atoms with Crippen molar-refractivity contribution in [2.75, 3.05) is 25.9 Å². The summed E-state index contributed by atoms with van der Waals surface area (Å²) in [6.07, 6.45) is 7.77. The van der Waals surface area contributed by atoms with E-state index in [0.717, 1.165) is 32.1 Å². The van der Waals surface area contributed by atoms with E-state index in [9.17, 15) is 18.0 Å². The van der Waals surface area contributed by atoms with Gasteiger partial charge in [-0.15, -0.1) is 0 Å². The van der Waals surface area contributed by atoms with Crippen molar-refractivity contribution >= 4 is 15.9 Å². The Labute approximate surface area is 165 Å². The molecule has 2 fully saturated rings. The maximum Gasteiger partial charge on any atom is 0.254 e. The Morgan fingerprint density at radius 1 is 1.14 bits per heavy atom. The SMILES string of the molecule is CS(=O)(=O)N1CCc2c(nc(C3CCN(C(=O)C4CCCCC4)C3)[nH]c2=O)C1. The molecule has 8 nitrogen and oxygen atoms in total. The minimum atomic E-state index is -3.32. The molecule has 0 aromatic carbocycles. The first-order valence-corrected chi connectivity index (χ1v) is 12.0. The summed E-state index contributed by atoms with van der Waals surface area (Å²) in [7, 11) is -3.32. The zero-order valence-corrected chi connectivity index (χ0v) is 17.1. The number of carbonyl (C=O) groups is 1. The molecule has 1 unspecified atom stereocenters. The fourth-order valence-corrected chi connectivity index (χ4v) is 5.48. The number of nitrogens with one attached hydrogen (secondary N) is 1. The molecule has 1 atom stereocenters. The van der Waals surface area contributed by atoms with Crippen LogP contribution in [0.15, 0.2) is 4.79 Å². The highest BCUT2D eigenvalue weighted by atomic mass is 32.2. The summed E-state index contributed by atoms with van der Waals surface area (Å²) in [6.45, 7) is 1.72. The quantitative estimate of drug-likeness (QED) is 0.803. The first kappa shape index (κ1) is 19.6. The molecule has 28 heavy (non-hydrogen) atoms. The molecule has 0 bridgehead atoms. The predicted octanol–water partition coefficient (Wildman–Crippen LogP) is 0.984. The Balaban J connectivity index is 1.50. The zero-order valence-electron chi connectivity index (χ0n) is 16.3. The monoisotopic (exact) mass is 408 g/mol. The highest BCUT2D eigenvalue weighted by Crippen LogP contribution is 2.30. The molecule has 0 radical (unpaired) electrons. The van der Waals surface area contributed by atoms with E-state index in [2.05, 4.69) is 9.97 Å². The summed E-state index contributed by atoms with van der Waals surface area (Å²) in [5.41, 5.74) is 0.953. The van der Waals surface area contributed by atoms with E-state index in [1.165, 1.54) is 17.0 Å². The summed E-state index contributed by atoms with van der Waals surface area (Å²) in [5.74, 6) is 0.967. The van der Waals surface area contributed by atoms with E-state index < -0.39 is 10.0 Å². The number of sulfonamides is 1. The Hall–Kier alpha value is -1.74. The lowest BCUT2D eigenvalue weighted by atomic mass is 9.88. The lowest BCUT2D eigenvalue weighted by Crippen LogP contribution is -2.39. The molecule has 3 heterocycles. The van der Waals surface area contributed by atoms with Crippen molar-refractivity contribution in [1.82, 2.24) is 19.2 Å². The van der Waals surface area contributed by atoms with Crippen LogP contribution in [-0.4, -0.2) is 59.4 Å². The lowest BCUT2D eigenvalue weighted by molar-refractivity contribution is -0.135. The van der Waals surface area contributed by atoms with E-state index in [1.54, 1.807) is 0 Å². The van der Waals surface area contributed by atoms with Crippen LogP contribution >= 0.6 is 0 Å². The van der Waals surface area contributed by atoms with Gasteiger partial charge in [-0.3, -0.25) is 9.59 Å². The summed E-state index contributed by atoms with van der Waals surface area (Å²) < 4.78 is 25.1. The van der Waals surface area contributed by atoms with Gasteiger partial charge in [0.1, 0.15) is 5.82 Å². The standard InChI is InChI=1S/C19H28N4O4S/c1-28(26,27)23-10-8-15-16(12-23)20-17(21-18(15)24)14-7-9-22(11-14)19(25)13-5-3-2-4-6-13/h13-14H,2-12H2,1H3,(H,20,21,24). The van der Waals surface area contributed by atoms with Crippen molar-refractivity contribution in [2.45, 2.75) is 57.4 Å². The van der Waals surface area contributed by atoms with Crippen LogP contribution in [0.2, 0.25) is 0 Å². The third kappa shape index (κ3) is 3.87. The molecular formula is C19H28N4O4S. The summed E-state index contributed by atoms with van der Waals surface area (Å²) in [5, 5.41) is 0. The number of rotatable bonds is 3. The number of nitrogens with zero attached hydrogens (tertiary/aromatic N) is 3. The van der Waals surface area contributed by atoms with E-state index >= 15 is 0 Å². The number of hydrogen-bond donors (Lipinski definition) is 1. The second kappa shape index (κ2) is 7.59. The van der Waals surface area contributed by atoms with Crippen molar-refractivity contribution < 1.29 is 13.2 Å². The van der Waals surface area contributed by atoms with Gasteiger partial charge in [-0.2, -0.15) is 4.31 Å². The van der Waals surface area contributed by atoms with Crippen LogP contribution in [0.25, 0.3) is 0 Å². The highest BCUT2D eigenvalue weighted by molar-refractivity contribution is 7.88. The van der Waals surface area contributed by atoms with Crippen molar-refractivity contribution in [3.05, 3.63) is 27.4 Å². The molecule has 4 rings (SSSR count). The average Bonchev–Trinajstić information content (AvgIpc) is 3.17. The minimum Gasteiger partial charge on any atom is -0.342 e. The average molecular weight is 409 g/mol. The minimum absolute atomic E-state index is 0.000786. The number of likely N-dealkylation sites (tertiary alicyclic amines) is 1. The second-order valence-electron chi connectivity index (χ2n) is 8.33. The smallest absolute Gasteiger partial charge is 0.254 e. The maximum atomic E-state index is 12.8. The third-order valence-electron chi connectivity index (χ3n) is 6.37. The number of aromatic nitrogens is 2. The molecule has 1 N–H and O–H groups in total. The molecule has 1 aromatic rings. The van der Waals surface area contributed by atoms with E-state index in [1.807, 2.05) is 4.90 Å². The van der Waals surface area contributed by atoms with Gasteiger partial charge in [0.25, 0.3) is 5.56 Å². The summed E-state index contributed by atoms with van der Waals surface area (Å²) in [6, 6.07) is 0. The van der Waals surface area contributed by atoms with Gasteiger partial charge >= 0.3 is 0 Å². The van der Waals surface area contributed by atoms with E-state index in [0.29, 0.717) is 43.1 Å². The van der Waals surface area contributed by atoms with E-state index in [4.69, 9.17) is 0 Å². The van der Waals surface area contributed by atoms with Gasteiger partial charge in [0.2, 0.25) is 15.9 Å². The predicted molar refractivity (Wildman–Crippen MR) is 104 cm³/mol. The largest absolute Gasteiger partial charge is 0.342 e. The third-order valence-corrected chi connectivity index (χ3v) is 7.62. The van der Waals surface area contributed by atoms with Gasteiger partial charge in [-0.1, -0.05) is 19.3 Å². The normalized spacial score (nSPS) is 24.3. The van der Waals surface area contributed by atoms with Crippen LogP contribution in [0.1, 0.15) is 61.5 Å². The van der Waals surface area contributed by atoms with Crippen LogP contribution < -0.4 is 5.56 Å². The first-order chi connectivity index (χ1) is 13.3. The van der Waals surface area contributed by atoms with Crippen molar-refractivity contribution in [2.24, 2.45) is 5.92 Å². The molecular weight excluding hydrogens is 380 g/mol. The molecule has 2 aliphatic heterocycles. The number of amides is 1.